The van der Waals surface area contributed by atoms with Gasteiger partial charge in [-0.3, -0.25) is 4.68 Å². The maximum Gasteiger partial charge on any atom is 0.140 e. The summed E-state index contributed by atoms with van der Waals surface area (Å²) < 4.78 is 2.14. The topological polar surface area (TPSA) is 46.8 Å². The zero-order valence-corrected chi connectivity index (χ0v) is 12.3. The maximum atomic E-state index is 4.57. The molecule has 4 rings (SSSR count). The summed E-state index contributed by atoms with van der Waals surface area (Å²) in [6, 6.07) is 4.68. The van der Waals surface area contributed by atoms with Crippen LogP contribution in [0.25, 0.3) is 10.2 Å². The number of thiophene rings is 1. The van der Waals surface area contributed by atoms with E-state index in [2.05, 4.69) is 49.1 Å². The Morgan fingerprint density at radius 2 is 2.10 bits per heavy atom. The molecule has 0 aliphatic carbocycles. The number of anilines is 1. The molecule has 0 amide bonds. The highest BCUT2D eigenvalue weighted by Crippen LogP contribution is 2.33. The normalized spacial score (nSPS) is 15.8. The Morgan fingerprint density at radius 3 is 2.85 bits per heavy atom. The molecule has 5 nitrogen and oxygen atoms in total. The second-order valence-corrected chi connectivity index (χ2v) is 6.16. The highest BCUT2D eigenvalue weighted by atomic mass is 32.1. The minimum Gasteiger partial charge on any atom is -0.352 e. The maximum absolute atomic E-state index is 4.57. The van der Waals surface area contributed by atoms with Gasteiger partial charge >= 0.3 is 0 Å². The van der Waals surface area contributed by atoms with Crippen molar-refractivity contribution in [2.45, 2.75) is 19.9 Å². The molecular weight excluding hydrogens is 270 g/mol. The van der Waals surface area contributed by atoms with E-state index < -0.39 is 0 Å². The summed E-state index contributed by atoms with van der Waals surface area (Å²) in [5, 5.41) is 7.80. The van der Waals surface area contributed by atoms with E-state index in [1.54, 1.807) is 17.7 Å². The van der Waals surface area contributed by atoms with E-state index in [1.165, 1.54) is 5.69 Å². The number of fused-ring (bicyclic) bond motifs is 1. The van der Waals surface area contributed by atoms with Crippen molar-refractivity contribution in [2.24, 2.45) is 0 Å². The minimum absolute atomic E-state index is 0.451. The molecule has 3 aromatic heterocycles. The van der Waals surface area contributed by atoms with Crippen LogP contribution in [0.3, 0.4) is 0 Å². The van der Waals surface area contributed by atoms with Crippen molar-refractivity contribution in [1.82, 2.24) is 19.7 Å². The molecule has 1 aliphatic heterocycles. The van der Waals surface area contributed by atoms with E-state index in [0.717, 1.165) is 34.8 Å². The van der Waals surface area contributed by atoms with Crippen LogP contribution in [0, 0.1) is 13.8 Å². The van der Waals surface area contributed by atoms with Gasteiger partial charge in [-0.1, -0.05) is 0 Å². The molecule has 0 radical (unpaired) electrons. The van der Waals surface area contributed by atoms with Crippen molar-refractivity contribution in [3.8, 4) is 0 Å². The molecule has 0 unspecified atom stereocenters. The number of nitrogens with zero attached hydrogens (tertiary/aromatic N) is 5. The van der Waals surface area contributed by atoms with Gasteiger partial charge in [-0.05, 0) is 31.4 Å². The van der Waals surface area contributed by atoms with Crippen molar-refractivity contribution in [1.29, 1.82) is 0 Å². The molecule has 3 aromatic rings. The molecule has 6 heteroatoms. The van der Waals surface area contributed by atoms with Crippen molar-refractivity contribution in [3.05, 3.63) is 35.2 Å². The van der Waals surface area contributed by atoms with Crippen LogP contribution in [0.1, 0.15) is 17.4 Å². The lowest BCUT2D eigenvalue weighted by Gasteiger charge is -2.40. The molecule has 1 saturated heterocycles. The molecule has 0 aromatic carbocycles. The Hall–Kier alpha value is -1.95. The molecular formula is C14H15N5S. The Balaban J connectivity index is 1.59. The highest BCUT2D eigenvalue weighted by molar-refractivity contribution is 7.16. The SMILES string of the molecule is Cc1cc(C)n(C2CN(c3ncnc4sccc34)C2)n1. The lowest BCUT2D eigenvalue weighted by Crippen LogP contribution is -2.48. The predicted molar refractivity (Wildman–Crippen MR) is 80.4 cm³/mol. The quantitative estimate of drug-likeness (QED) is 0.726. The number of rotatable bonds is 2. The van der Waals surface area contributed by atoms with Crippen molar-refractivity contribution in [3.63, 3.8) is 0 Å². The molecule has 0 atom stereocenters. The van der Waals surface area contributed by atoms with Crippen LogP contribution in [0.4, 0.5) is 5.82 Å². The zero-order chi connectivity index (χ0) is 13.7. The van der Waals surface area contributed by atoms with Gasteiger partial charge in [-0.2, -0.15) is 5.10 Å². The average Bonchev–Trinajstić information content (AvgIpc) is 2.95. The van der Waals surface area contributed by atoms with Gasteiger partial charge in [0.15, 0.2) is 0 Å². The first kappa shape index (κ1) is 11.8. The van der Waals surface area contributed by atoms with Crippen molar-refractivity contribution in [2.75, 3.05) is 18.0 Å². The number of hydrogen-bond acceptors (Lipinski definition) is 5. The van der Waals surface area contributed by atoms with Crippen molar-refractivity contribution < 1.29 is 0 Å². The summed E-state index contributed by atoms with van der Waals surface area (Å²) in [7, 11) is 0. The fourth-order valence-electron chi connectivity index (χ4n) is 2.83. The van der Waals surface area contributed by atoms with Gasteiger partial charge in [-0.15, -0.1) is 11.3 Å². The fraction of sp³-hybridized carbons (Fsp3) is 0.357. The Bertz CT molecular complexity index is 769. The molecule has 1 aliphatic rings. The third kappa shape index (κ3) is 1.71. The summed E-state index contributed by atoms with van der Waals surface area (Å²) >= 11 is 1.66. The lowest BCUT2D eigenvalue weighted by atomic mass is 10.1. The van der Waals surface area contributed by atoms with E-state index in [1.807, 2.05) is 6.92 Å². The van der Waals surface area contributed by atoms with E-state index >= 15 is 0 Å². The van der Waals surface area contributed by atoms with Crippen LogP contribution in [0.2, 0.25) is 0 Å². The van der Waals surface area contributed by atoms with Crippen LogP contribution in [-0.2, 0) is 0 Å². The third-order valence-electron chi connectivity index (χ3n) is 3.79. The fourth-order valence-corrected chi connectivity index (χ4v) is 3.55. The second kappa shape index (κ2) is 4.28. The first-order valence-electron chi connectivity index (χ1n) is 6.68. The molecule has 0 bridgehead atoms. The van der Waals surface area contributed by atoms with Gasteiger partial charge < -0.3 is 4.90 Å². The Labute approximate surface area is 120 Å². The first-order chi connectivity index (χ1) is 9.72. The Morgan fingerprint density at radius 1 is 1.25 bits per heavy atom. The standard InChI is InChI=1S/C14H15N5S/c1-9-5-10(2)19(17-9)11-6-18(7-11)13-12-3-4-20-14(12)16-8-15-13/h3-5,8,11H,6-7H2,1-2H3. The Kier molecular flexibility index (Phi) is 2.53. The summed E-state index contributed by atoms with van der Waals surface area (Å²) in [5.74, 6) is 1.05. The predicted octanol–water partition coefficient (Wildman–Crippen LogP) is 2.57. The molecule has 102 valence electrons. The zero-order valence-electron chi connectivity index (χ0n) is 11.4. The first-order valence-corrected chi connectivity index (χ1v) is 7.56. The molecule has 0 spiro atoms. The number of hydrogen-bond donors (Lipinski definition) is 0. The van der Waals surface area contributed by atoms with E-state index in [0.29, 0.717) is 6.04 Å². The van der Waals surface area contributed by atoms with Gasteiger partial charge in [0.2, 0.25) is 0 Å². The highest BCUT2D eigenvalue weighted by Gasteiger charge is 2.31. The largest absolute Gasteiger partial charge is 0.352 e. The smallest absolute Gasteiger partial charge is 0.140 e. The van der Waals surface area contributed by atoms with Crippen LogP contribution >= 0.6 is 11.3 Å². The van der Waals surface area contributed by atoms with Crippen molar-refractivity contribution >= 4 is 27.4 Å². The van der Waals surface area contributed by atoms with Gasteiger partial charge in [0.25, 0.3) is 0 Å². The summed E-state index contributed by atoms with van der Waals surface area (Å²) in [6.45, 7) is 6.08. The number of aryl methyl sites for hydroxylation is 2. The van der Waals surface area contributed by atoms with Gasteiger partial charge in [0.1, 0.15) is 17.0 Å². The van der Waals surface area contributed by atoms with Gasteiger partial charge in [0, 0.05) is 18.8 Å². The minimum atomic E-state index is 0.451. The summed E-state index contributed by atoms with van der Waals surface area (Å²) in [5.41, 5.74) is 2.32. The van der Waals surface area contributed by atoms with E-state index in [4.69, 9.17) is 0 Å². The van der Waals surface area contributed by atoms with Gasteiger partial charge in [0.05, 0.1) is 17.1 Å². The molecule has 20 heavy (non-hydrogen) atoms. The molecule has 4 heterocycles. The van der Waals surface area contributed by atoms with Gasteiger partial charge in [-0.25, -0.2) is 9.97 Å². The second-order valence-electron chi connectivity index (χ2n) is 5.27. The third-order valence-corrected chi connectivity index (χ3v) is 4.61. The lowest BCUT2D eigenvalue weighted by molar-refractivity contribution is 0.359. The monoisotopic (exact) mass is 285 g/mol. The molecule has 0 saturated carbocycles. The van der Waals surface area contributed by atoms with Crippen LogP contribution in [0.15, 0.2) is 23.8 Å². The van der Waals surface area contributed by atoms with Crippen LogP contribution in [0.5, 0.6) is 0 Å². The molecule has 0 N–H and O–H groups in total. The van der Waals surface area contributed by atoms with Crippen LogP contribution in [-0.4, -0.2) is 32.8 Å². The summed E-state index contributed by atoms with van der Waals surface area (Å²) in [4.78, 5) is 12.1. The number of aromatic nitrogens is 4. The average molecular weight is 285 g/mol. The summed E-state index contributed by atoms with van der Waals surface area (Å²) in [6.07, 6.45) is 1.66. The van der Waals surface area contributed by atoms with E-state index in [-0.39, 0.29) is 0 Å². The van der Waals surface area contributed by atoms with E-state index in [9.17, 15) is 0 Å². The molecule has 1 fully saturated rings. The van der Waals surface area contributed by atoms with Crippen LogP contribution < -0.4 is 4.90 Å².